The maximum absolute atomic E-state index is 8.80. The maximum atomic E-state index is 8.80. The highest BCUT2D eigenvalue weighted by atomic mass is 16.3. The summed E-state index contributed by atoms with van der Waals surface area (Å²) in [6.45, 7) is 5.70. The molecule has 102 valence electrons. The van der Waals surface area contributed by atoms with E-state index in [1.165, 1.54) is 19.3 Å². The molecule has 1 rings (SSSR count). The van der Waals surface area contributed by atoms with Gasteiger partial charge in [0.2, 0.25) is 0 Å². The molecule has 0 aliphatic rings. The van der Waals surface area contributed by atoms with Gasteiger partial charge in [-0.2, -0.15) is 0 Å². The van der Waals surface area contributed by atoms with E-state index >= 15 is 0 Å². The average Bonchev–Trinajstić information content (AvgIpc) is 2.36. The summed E-state index contributed by atoms with van der Waals surface area (Å²) in [6, 6.07) is 1.93. The lowest BCUT2D eigenvalue weighted by Crippen LogP contribution is -2.21. The van der Waals surface area contributed by atoms with Crippen LogP contribution in [0, 0.1) is 6.92 Å². The molecule has 5 nitrogen and oxygen atoms in total. The Bertz CT molecular complexity index is 357. The van der Waals surface area contributed by atoms with Crippen molar-refractivity contribution in [3.05, 3.63) is 11.9 Å². The summed E-state index contributed by atoms with van der Waals surface area (Å²) in [6.07, 6.45) is 3.64. The van der Waals surface area contributed by atoms with Gasteiger partial charge < -0.3 is 15.3 Å². The second-order valence-electron chi connectivity index (χ2n) is 4.44. The first-order chi connectivity index (χ1) is 8.67. The molecule has 0 spiro atoms. The fraction of sp³-hybridized carbons (Fsp3) is 0.692. The number of aliphatic hydroxyl groups excluding tert-OH is 1. The fourth-order valence-corrected chi connectivity index (χ4v) is 1.74. The van der Waals surface area contributed by atoms with E-state index in [9.17, 15) is 0 Å². The number of aliphatic hydroxyl groups is 1. The molecule has 1 heterocycles. The quantitative estimate of drug-likeness (QED) is 0.691. The monoisotopic (exact) mass is 252 g/mol. The van der Waals surface area contributed by atoms with E-state index in [1.54, 1.807) is 0 Å². The standard InChI is InChI=1S/C13H24N4O/c1-4-5-6-8-17(3)13-10-12(14-7-9-18)15-11(2)16-13/h10,18H,4-9H2,1-3H3,(H,14,15,16). The molecule has 0 unspecified atom stereocenters. The number of unbranched alkanes of at least 4 members (excludes halogenated alkanes) is 2. The lowest BCUT2D eigenvalue weighted by molar-refractivity contribution is 0.311. The third-order valence-electron chi connectivity index (χ3n) is 2.73. The Morgan fingerprint density at radius 2 is 2.11 bits per heavy atom. The molecular weight excluding hydrogens is 228 g/mol. The first kappa shape index (κ1) is 14.7. The summed E-state index contributed by atoms with van der Waals surface area (Å²) in [7, 11) is 2.05. The predicted molar refractivity (Wildman–Crippen MR) is 75.1 cm³/mol. The van der Waals surface area contributed by atoms with E-state index in [-0.39, 0.29) is 6.61 Å². The van der Waals surface area contributed by atoms with Crippen molar-refractivity contribution in [2.75, 3.05) is 37.0 Å². The molecule has 0 aliphatic heterocycles. The molecule has 18 heavy (non-hydrogen) atoms. The van der Waals surface area contributed by atoms with Crippen LogP contribution in [-0.4, -0.2) is 41.8 Å². The zero-order valence-corrected chi connectivity index (χ0v) is 11.6. The average molecular weight is 252 g/mol. The summed E-state index contributed by atoms with van der Waals surface area (Å²) < 4.78 is 0. The molecular formula is C13H24N4O. The molecule has 0 amide bonds. The van der Waals surface area contributed by atoms with Gasteiger partial charge in [-0.1, -0.05) is 19.8 Å². The van der Waals surface area contributed by atoms with Crippen LogP contribution in [-0.2, 0) is 0 Å². The Kier molecular flexibility index (Phi) is 6.43. The maximum Gasteiger partial charge on any atom is 0.134 e. The van der Waals surface area contributed by atoms with Gasteiger partial charge in [0.25, 0.3) is 0 Å². The van der Waals surface area contributed by atoms with Gasteiger partial charge in [-0.25, -0.2) is 9.97 Å². The highest BCUT2D eigenvalue weighted by molar-refractivity contribution is 5.48. The number of hydrogen-bond acceptors (Lipinski definition) is 5. The number of hydrogen-bond donors (Lipinski definition) is 2. The van der Waals surface area contributed by atoms with Crippen LogP contribution in [0.5, 0.6) is 0 Å². The van der Waals surface area contributed by atoms with Gasteiger partial charge in [-0.3, -0.25) is 0 Å². The SMILES string of the molecule is CCCCCN(C)c1cc(NCCO)nc(C)n1. The van der Waals surface area contributed by atoms with Gasteiger partial charge in [-0.05, 0) is 13.3 Å². The van der Waals surface area contributed by atoms with Crippen molar-refractivity contribution < 1.29 is 5.11 Å². The van der Waals surface area contributed by atoms with Crippen molar-refractivity contribution in [1.82, 2.24) is 9.97 Å². The van der Waals surface area contributed by atoms with Crippen LogP contribution >= 0.6 is 0 Å². The second-order valence-corrected chi connectivity index (χ2v) is 4.44. The normalized spacial score (nSPS) is 10.4. The van der Waals surface area contributed by atoms with Gasteiger partial charge in [0.1, 0.15) is 17.5 Å². The molecule has 5 heteroatoms. The lowest BCUT2D eigenvalue weighted by Gasteiger charge is -2.19. The third-order valence-corrected chi connectivity index (χ3v) is 2.73. The Morgan fingerprint density at radius 1 is 1.33 bits per heavy atom. The van der Waals surface area contributed by atoms with Gasteiger partial charge in [0.05, 0.1) is 6.61 Å². The number of anilines is 2. The fourth-order valence-electron chi connectivity index (χ4n) is 1.74. The lowest BCUT2D eigenvalue weighted by atomic mass is 10.2. The number of rotatable bonds is 8. The van der Waals surface area contributed by atoms with Crippen molar-refractivity contribution >= 4 is 11.6 Å². The molecule has 0 fully saturated rings. The Hall–Kier alpha value is -1.36. The molecule has 0 saturated heterocycles. The van der Waals surface area contributed by atoms with Crippen LogP contribution < -0.4 is 10.2 Å². The summed E-state index contributed by atoms with van der Waals surface area (Å²) >= 11 is 0. The summed E-state index contributed by atoms with van der Waals surface area (Å²) in [5.74, 6) is 2.45. The van der Waals surface area contributed by atoms with Gasteiger partial charge >= 0.3 is 0 Å². The van der Waals surface area contributed by atoms with Crippen LogP contribution in [0.3, 0.4) is 0 Å². The van der Waals surface area contributed by atoms with E-state index in [0.717, 1.165) is 24.0 Å². The zero-order valence-electron chi connectivity index (χ0n) is 11.6. The number of nitrogens with one attached hydrogen (secondary N) is 1. The highest BCUT2D eigenvalue weighted by Crippen LogP contribution is 2.15. The number of aromatic nitrogens is 2. The minimum atomic E-state index is 0.102. The largest absolute Gasteiger partial charge is 0.395 e. The Morgan fingerprint density at radius 3 is 2.78 bits per heavy atom. The zero-order chi connectivity index (χ0) is 13.4. The first-order valence-electron chi connectivity index (χ1n) is 6.59. The van der Waals surface area contributed by atoms with E-state index in [0.29, 0.717) is 6.54 Å². The minimum Gasteiger partial charge on any atom is -0.395 e. The number of nitrogens with zero attached hydrogens (tertiary/aromatic N) is 3. The summed E-state index contributed by atoms with van der Waals surface area (Å²) in [5.41, 5.74) is 0. The molecule has 0 aliphatic carbocycles. The van der Waals surface area contributed by atoms with E-state index < -0.39 is 0 Å². The Labute approximate surface area is 109 Å². The van der Waals surface area contributed by atoms with E-state index in [4.69, 9.17) is 5.11 Å². The van der Waals surface area contributed by atoms with Crippen LogP contribution in [0.4, 0.5) is 11.6 Å². The smallest absolute Gasteiger partial charge is 0.134 e. The van der Waals surface area contributed by atoms with Crippen LogP contribution in [0.1, 0.15) is 32.0 Å². The van der Waals surface area contributed by atoms with Gasteiger partial charge in [-0.15, -0.1) is 0 Å². The summed E-state index contributed by atoms with van der Waals surface area (Å²) in [5, 5.41) is 11.9. The van der Waals surface area contributed by atoms with Crippen molar-refractivity contribution in [3.63, 3.8) is 0 Å². The molecule has 0 radical (unpaired) electrons. The van der Waals surface area contributed by atoms with E-state index in [1.807, 2.05) is 20.0 Å². The summed E-state index contributed by atoms with van der Waals surface area (Å²) in [4.78, 5) is 10.9. The Balaban J connectivity index is 2.65. The molecule has 2 N–H and O–H groups in total. The molecule has 0 bridgehead atoms. The van der Waals surface area contributed by atoms with E-state index in [2.05, 4.69) is 27.1 Å². The predicted octanol–water partition coefficient (Wildman–Crippen LogP) is 1.82. The third kappa shape index (κ3) is 4.87. The molecule has 0 aromatic carbocycles. The van der Waals surface area contributed by atoms with Crippen molar-refractivity contribution in [2.45, 2.75) is 33.1 Å². The highest BCUT2D eigenvalue weighted by Gasteiger charge is 2.06. The number of aryl methyl sites for hydroxylation is 1. The molecule has 0 atom stereocenters. The van der Waals surface area contributed by atoms with Crippen molar-refractivity contribution in [1.29, 1.82) is 0 Å². The molecule has 0 saturated carbocycles. The van der Waals surface area contributed by atoms with Crippen LogP contribution in [0.15, 0.2) is 6.07 Å². The molecule has 1 aromatic heterocycles. The first-order valence-corrected chi connectivity index (χ1v) is 6.59. The van der Waals surface area contributed by atoms with Crippen LogP contribution in [0.25, 0.3) is 0 Å². The molecule has 1 aromatic rings. The minimum absolute atomic E-state index is 0.102. The topological polar surface area (TPSA) is 61.3 Å². The van der Waals surface area contributed by atoms with Crippen LogP contribution in [0.2, 0.25) is 0 Å². The second kappa shape index (κ2) is 7.87. The van der Waals surface area contributed by atoms with Crippen molar-refractivity contribution in [2.24, 2.45) is 0 Å². The van der Waals surface area contributed by atoms with Crippen molar-refractivity contribution in [3.8, 4) is 0 Å². The van der Waals surface area contributed by atoms with Gasteiger partial charge in [0.15, 0.2) is 0 Å². The van der Waals surface area contributed by atoms with Gasteiger partial charge in [0, 0.05) is 26.2 Å².